The fourth-order valence-electron chi connectivity index (χ4n) is 2.08. The Morgan fingerprint density at radius 3 is 2.78 bits per heavy atom. The number of hydrogen-bond acceptors (Lipinski definition) is 3. The molecule has 0 aliphatic heterocycles. The maximum atomic E-state index is 6.00. The highest BCUT2D eigenvalue weighted by molar-refractivity contribution is 5.54. The number of likely N-dealkylation sites (N-methyl/N-ethyl adjacent to an activating group) is 1. The summed E-state index contributed by atoms with van der Waals surface area (Å²) < 4.78 is 5.68. The van der Waals surface area contributed by atoms with Gasteiger partial charge in [0.25, 0.3) is 0 Å². The van der Waals surface area contributed by atoms with Crippen LogP contribution in [0.15, 0.2) is 24.3 Å². The highest BCUT2D eigenvalue weighted by atomic mass is 16.5. The lowest BCUT2D eigenvalue weighted by atomic mass is 10.1. The molecule has 0 bridgehead atoms. The molecule has 2 N–H and O–H groups in total. The number of anilines is 1. The normalized spacial score (nSPS) is 16.6. The molecular weight excluding hydrogens is 224 g/mol. The standard InChI is InChI=1S/C15H24N2O/c1-12(16)14-5-3-4-6-15(14)17(2)9-10-18-11-13-7-8-13/h3-6,12-13H,7-11,16H2,1-2H3/t12-/m0/s1. The van der Waals surface area contributed by atoms with Gasteiger partial charge >= 0.3 is 0 Å². The highest BCUT2D eigenvalue weighted by Crippen LogP contribution is 2.28. The summed E-state index contributed by atoms with van der Waals surface area (Å²) in [6.45, 7) is 4.66. The maximum Gasteiger partial charge on any atom is 0.0641 e. The monoisotopic (exact) mass is 248 g/mol. The molecule has 1 atom stereocenters. The first-order valence-electron chi connectivity index (χ1n) is 6.82. The Kier molecular flexibility index (Phi) is 4.61. The molecule has 0 amide bonds. The molecule has 2 rings (SSSR count). The summed E-state index contributed by atoms with van der Waals surface area (Å²) in [4.78, 5) is 2.23. The Hall–Kier alpha value is -1.06. The molecular formula is C15H24N2O. The lowest BCUT2D eigenvalue weighted by Gasteiger charge is -2.23. The number of para-hydroxylation sites is 1. The topological polar surface area (TPSA) is 38.5 Å². The Morgan fingerprint density at radius 1 is 1.39 bits per heavy atom. The molecule has 1 saturated carbocycles. The van der Waals surface area contributed by atoms with Gasteiger partial charge in [-0.25, -0.2) is 0 Å². The van der Waals surface area contributed by atoms with E-state index in [1.807, 2.05) is 13.0 Å². The summed E-state index contributed by atoms with van der Waals surface area (Å²) in [5, 5.41) is 0. The first-order chi connectivity index (χ1) is 8.68. The van der Waals surface area contributed by atoms with E-state index in [0.717, 1.165) is 25.7 Å². The second kappa shape index (κ2) is 6.21. The first kappa shape index (κ1) is 13.4. The van der Waals surface area contributed by atoms with Crippen LogP contribution in [0.5, 0.6) is 0 Å². The van der Waals surface area contributed by atoms with Crippen molar-refractivity contribution in [3.63, 3.8) is 0 Å². The van der Waals surface area contributed by atoms with Gasteiger partial charge in [0.05, 0.1) is 6.61 Å². The molecule has 1 fully saturated rings. The fraction of sp³-hybridized carbons (Fsp3) is 0.600. The molecule has 0 radical (unpaired) electrons. The lowest BCUT2D eigenvalue weighted by Crippen LogP contribution is -2.25. The van der Waals surface area contributed by atoms with Crippen molar-refractivity contribution in [3.05, 3.63) is 29.8 Å². The largest absolute Gasteiger partial charge is 0.379 e. The minimum atomic E-state index is 0.0658. The van der Waals surface area contributed by atoms with E-state index in [1.165, 1.54) is 24.1 Å². The third-order valence-electron chi connectivity index (χ3n) is 3.46. The number of hydrogen-bond donors (Lipinski definition) is 1. The van der Waals surface area contributed by atoms with Crippen LogP contribution >= 0.6 is 0 Å². The van der Waals surface area contributed by atoms with Crippen LogP contribution in [0.1, 0.15) is 31.4 Å². The van der Waals surface area contributed by atoms with E-state index < -0.39 is 0 Å². The summed E-state index contributed by atoms with van der Waals surface area (Å²) in [5.41, 5.74) is 8.40. The van der Waals surface area contributed by atoms with Crippen molar-refractivity contribution >= 4 is 5.69 Å². The summed E-state index contributed by atoms with van der Waals surface area (Å²) in [5.74, 6) is 0.839. The minimum absolute atomic E-state index is 0.0658. The Labute approximate surface area is 110 Å². The molecule has 18 heavy (non-hydrogen) atoms. The molecule has 0 saturated heterocycles. The zero-order chi connectivity index (χ0) is 13.0. The number of nitrogens with two attached hydrogens (primary N) is 1. The summed E-state index contributed by atoms with van der Waals surface area (Å²) in [6.07, 6.45) is 2.70. The van der Waals surface area contributed by atoms with E-state index >= 15 is 0 Å². The SMILES string of the molecule is C[C@H](N)c1ccccc1N(C)CCOCC1CC1. The first-order valence-corrected chi connectivity index (χ1v) is 6.82. The van der Waals surface area contributed by atoms with Gasteiger partial charge < -0.3 is 15.4 Å². The van der Waals surface area contributed by atoms with E-state index in [-0.39, 0.29) is 6.04 Å². The van der Waals surface area contributed by atoms with Crippen molar-refractivity contribution in [2.24, 2.45) is 11.7 Å². The van der Waals surface area contributed by atoms with Gasteiger partial charge in [0, 0.05) is 31.9 Å². The van der Waals surface area contributed by atoms with Crippen molar-refractivity contribution in [2.45, 2.75) is 25.8 Å². The zero-order valence-electron chi connectivity index (χ0n) is 11.4. The summed E-state index contributed by atoms with van der Waals surface area (Å²) in [6, 6.07) is 8.39. The Balaban J connectivity index is 1.84. The Bertz CT molecular complexity index is 375. The van der Waals surface area contributed by atoms with Crippen LogP contribution in [0.2, 0.25) is 0 Å². The van der Waals surface area contributed by atoms with Gasteiger partial charge in [0.15, 0.2) is 0 Å². The van der Waals surface area contributed by atoms with Crippen molar-refractivity contribution < 1.29 is 4.74 Å². The van der Waals surface area contributed by atoms with Gasteiger partial charge in [0.1, 0.15) is 0 Å². The van der Waals surface area contributed by atoms with E-state index in [0.29, 0.717) is 0 Å². The van der Waals surface area contributed by atoms with Crippen LogP contribution in [-0.4, -0.2) is 26.8 Å². The van der Waals surface area contributed by atoms with Gasteiger partial charge in [-0.2, -0.15) is 0 Å². The van der Waals surface area contributed by atoms with Crippen LogP contribution < -0.4 is 10.6 Å². The third kappa shape index (κ3) is 3.72. The van der Waals surface area contributed by atoms with Gasteiger partial charge in [-0.3, -0.25) is 0 Å². The van der Waals surface area contributed by atoms with Gasteiger partial charge in [-0.15, -0.1) is 0 Å². The molecule has 0 spiro atoms. The molecule has 100 valence electrons. The summed E-state index contributed by atoms with van der Waals surface area (Å²) in [7, 11) is 2.10. The number of benzene rings is 1. The molecule has 1 aromatic carbocycles. The molecule has 0 heterocycles. The molecule has 3 heteroatoms. The van der Waals surface area contributed by atoms with E-state index in [9.17, 15) is 0 Å². The maximum absolute atomic E-state index is 6.00. The second-order valence-corrected chi connectivity index (χ2v) is 5.29. The van der Waals surface area contributed by atoms with Crippen molar-refractivity contribution in [1.82, 2.24) is 0 Å². The van der Waals surface area contributed by atoms with Crippen LogP contribution in [0.25, 0.3) is 0 Å². The molecule has 0 unspecified atom stereocenters. The average Bonchev–Trinajstić information content (AvgIpc) is 3.18. The number of nitrogens with zero attached hydrogens (tertiary/aromatic N) is 1. The smallest absolute Gasteiger partial charge is 0.0641 e. The minimum Gasteiger partial charge on any atom is -0.379 e. The fourth-order valence-corrected chi connectivity index (χ4v) is 2.08. The van der Waals surface area contributed by atoms with Gasteiger partial charge in [-0.05, 0) is 37.3 Å². The van der Waals surface area contributed by atoms with Crippen LogP contribution in [-0.2, 0) is 4.74 Å². The number of rotatable bonds is 7. The van der Waals surface area contributed by atoms with E-state index in [4.69, 9.17) is 10.5 Å². The highest BCUT2D eigenvalue weighted by Gasteiger charge is 2.21. The Morgan fingerprint density at radius 2 is 2.11 bits per heavy atom. The molecule has 1 aliphatic carbocycles. The molecule has 3 nitrogen and oxygen atoms in total. The van der Waals surface area contributed by atoms with E-state index in [2.05, 4.69) is 30.1 Å². The second-order valence-electron chi connectivity index (χ2n) is 5.29. The predicted molar refractivity (Wildman–Crippen MR) is 75.9 cm³/mol. The van der Waals surface area contributed by atoms with Gasteiger partial charge in [0.2, 0.25) is 0 Å². The molecule has 1 aromatic rings. The van der Waals surface area contributed by atoms with E-state index in [1.54, 1.807) is 0 Å². The zero-order valence-corrected chi connectivity index (χ0v) is 11.4. The lowest BCUT2D eigenvalue weighted by molar-refractivity contribution is 0.131. The molecule has 1 aliphatic rings. The third-order valence-corrected chi connectivity index (χ3v) is 3.46. The van der Waals surface area contributed by atoms with Crippen LogP contribution in [0.4, 0.5) is 5.69 Å². The van der Waals surface area contributed by atoms with Gasteiger partial charge in [-0.1, -0.05) is 18.2 Å². The average molecular weight is 248 g/mol. The summed E-state index contributed by atoms with van der Waals surface area (Å²) >= 11 is 0. The molecule has 0 aromatic heterocycles. The van der Waals surface area contributed by atoms with Crippen molar-refractivity contribution in [3.8, 4) is 0 Å². The van der Waals surface area contributed by atoms with Crippen LogP contribution in [0, 0.1) is 5.92 Å². The van der Waals surface area contributed by atoms with Crippen molar-refractivity contribution in [1.29, 1.82) is 0 Å². The predicted octanol–water partition coefficient (Wildman–Crippen LogP) is 2.57. The quantitative estimate of drug-likeness (QED) is 0.754. The van der Waals surface area contributed by atoms with Crippen LogP contribution in [0.3, 0.4) is 0 Å². The van der Waals surface area contributed by atoms with Crippen molar-refractivity contribution in [2.75, 3.05) is 31.7 Å². The number of ether oxygens (including phenoxy) is 1.